The molecule has 0 unspecified atom stereocenters. The second-order valence-electron chi connectivity index (χ2n) is 5.87. The first kappa shape index (κ1) is 19.3. The minimum atomic E-state index is -3.02. The van der Waals surface area contributed by atoms with Gasteiger partial charge >= 0.3 is 6.61 Å². The predicted octanol–water partition coefficient (Wildman–Crippen LogP) is 3.32. The number of rotatable bonds is 7. The molecular weight excluding hydrogens is 370 g/mol. The standard InChI is InChI=1S/C19H18F2N4O3/c1-11-7-8-14(27-2)13(9-11)17-23-16(24-25-17)10-22-18(26)12-5-3-4-6-15(12)28-19(20)21/h3-9,19H,10H2,1-2H3,(H,22,26)(H,23,24,25). The van der Waals surface area contributed by atoms with Gasteiger partial charge in [-0.25, -0.2) is 4.98 Å². The Morgan fingerprint density at radius 3 is 2.75 bits per heavy atom. The van der Waals surface area contributed by atoms with E-state index in [9.17, 15) is 13.6 Å². The smallest absolute Gasteiger partial charge is 0.387 e. The quantitative estimate of drug-likeness (QED) is 0.648. The van der Waals surface area contributed by atoms with Crippen LogP contribution in [-0.4, -0.2) is 34.8 Å². The molecule has 0 bridgehead atoms. The third-order valence-electron chi connectivity index (χ3n) is 3.89. The highest BCUT2D eigenvalue weighted by Gasteiger charge is 2.16. The molecule has 2 N–H and O–H groups in total. The van der Waals surface area contributed by atoms with Crippen LogP contribution in [0.5, 0.6) is 11.5 Å². The average Bonchev–Trinajstić information content (AvgIpc) is 3.15. The van der Waals surface area contributed by atoms with Crippen molar-refractivity contribution < 1.29 is 23.0 Å². The van der Waals surface area contributed by atoms with Gasteiger partial charge in [0.2, 0.25) is 0 Å². The van der Waals surface area contributed by atoms with Gasteiger partial charge in [0.25, 0.3) is 5.91 Å². The summed E-state index contributed by atoms with van der Waals surface area (Å²) < 4.78 is 34.7. The molecule has 0 aliphatic rings. The fourth-order valence-corrected chi connectivity index (χ4v) is 2.60. The molecule has 7 nitrogen and oxygen atoms in total. The number of hydrogen-bond donors (Lipinski definition) is 2. The maximum atomic E-state index is 12.5. The highest BCUT2D eigenvalue weighted by molar-refractivity contribution is 5.96. The van der Waals surface area contributed by atoms with Crippen LogP contribution < -0.4 is 14.8 Å². The van der Waals surface area contributed by atoms with Crippen molar-refractivity contribution in [2.24, 2.45) is 0 Å². The van der Waals surface area contributed by atoms with Gasteiger partial charge in [-0.3, -0.25) is 9.89 Å². The lowest BCUT2D eigenvalue weighted by molar-refractivity contribution is -0.0501. The van der Waals surface area contributed by atoms with Crippen LogP contribution in [0.25, 0.3) is 11.4 Å². The summed E-state index contributed by atoms with van der Waals surface area (Å²) >= 11 is 0. The molecule has 3 aromatic rings. The van der Waals surface area contributed by atoms with Gasteiger partial charge in [0.15, 0.2) is 5.82 Å². The average molecular weight is 388 g/mol. The van der Waals surface area contributed by atoms with E-state index in [1.807, 2.05) is 25.1 Å². The molecular formula is C19H18F2N4O3. The van der Waals surface area contributed by atoms with E-state index in [-0.39, 0.29) is 17.9 Å². The van der Waals surface area contributed by atoms with Crippen molar-refractivity contribution in [1.29, 1.82) is 0 Å². The van der Waals surface area contributed by atoms with Crippen LogP contribution in [0.3, 0.4) is 0 Å². The third kappa shape index (κ3) is 4.43. The van der Waals surface area contributed by atoms with Crippen LogP contribution in [0.4, 0.5) is 8.78 Å². The number of ether oxygens (including phenoxy) is 2. The molecule has 0 saturated heterocycles. The van der Waals surface area contributed by atoms with Gasteiger partial charge in [-0.2, -0.15) is 13.9 Å². The zero-order valence-corrected chi connectivity index (χ0v) is 15.2. The second kappa shape index (κ2) is 8.47. The number of halogens is 2. The van der Waals surface area contributed by atoms with Crippen molar-refractivity contribution in [2.45, 2.75) is 20.1 Å². The SMILES string of the molecule is COc1ccc(C)cc1-c1n[nH]c(CNC(=O)c2ccccc2OC(F)F)n1. The van der Waals surface area contributed by atoms with Crippen LogP contribution in [0.1, 0.15) is 21.7 Å². The fourth-order valence-electron chi connectivity index (χ4n) is 2.60. The Morgan fingerprint density at radius 1 is 1.21 bits per heavy atom. The van der Waals surface area contributed by atoms with Crippen molar-refractivity contribution in [3.63, 3.8) is 0 Å². The van der Waals surface area contributed by atoms with Crippen LogP contribution >= 0.6 is 0 Å². The first-order valence-electron chi connectivity index (χ1n) is 8.36. The van der Waals surface area contributed by atoms with Gasteiger partial charge in [0.1, 0.15) is 17.3 Å². The molecule has 0 atom stereocenters. The number of aromatic amines is 1. The van der Waals surface area contributed by atoms with E-state index in [2.05, 4.69) is 25.2 Å². The first-order chi connectivity index (χ1) is 13.5. The number of carbonyl (C=O) groups excluding carboxylic acids is 1. The summed E-state index contributed by atoms with van der Waals surface area (Å²) in [6.45, 7) is -1.05. The normalized spacial score (nSPS) is 10.8. The minimum absolute atomic E-state index is 0.00268. The number of alkyl halides is 2. The van der Waals surface area contributed by atoms with Crippen molar-refractivity contribution in [1.82, 2.24) is 20.5 Å². The Bertz CT molecular complexity index is 975. The number of amides is 1. The van der Waals surface area contributed by atoms with E-state index in [1.165, 1.54) is 18.2 Å². The van der Waals surface area contributed by atoms with E-state index in [4.69, 9.17) is 4.74 Å². The fraction of sp³-hybridized carbons (Fsp3) is 0.211. The lowest BCUT2D eigenvalue weighted by Gasteiger charge is -2.10. The monoisotopic (exact) mass is 388 g/mol. The van der Waals surface area contributed by atoms with Crippen LogP contribution in [0, 0.1) is 6.92 Å². The van der Waals surface area contributed by atoms with Gasteiger partial charge in [0.05, 0.1) is 24.8 Å². The Labute approximate surface area is 159 Å². The van der Waals surface area contributed by atoms with Gasteiger partial charge < -0.3 is 14.8 Å². The summed E-state index contributed by atoms with van der Waals surface area (Å²) in [4.78, 5) is 16.7. The highest BCUT2D eigenvalue weighted by Crippen LogP contribution is 2.28. The van der Waals surface area contributed by atoms with Crippen molar-refractivity contribution >= 4 is 5.91 Å². The molecule has 3 rings (SSSR count). The molecule has 0 spiro atoms. The van der Waals surface area contributed by atoms with E-state index in [0.29, 0.717) is 23.0 Å². The number of para-hydroxylation sites is 1. The summed E-state index contributed by atoms with van der Waals surface area (Å²) in [6.07, 6.45) is 0. The number of benzene rings is 2. The van der Waals surface area contributed by atoms with E-state index in [0.717, 1.165) is 5.56 Å². The molecule has 0 aliphatic carbocycles. The van der Waals surface area contributed by atoms with Gasteiger partial charge in [-0.05, 0) is 31.2 Å². The number of methoxy groups -OCH3 is 1. The largest absolute Gasteiger partial charge is 0.496 e. The molecule has 0 saturated carbocycles. The Balaban J connectivity index is 1.72. The van der Waals surface area contributed by atoms with Crippen molar-refractivity contribution in [3.8, 4) is 22.9 Å². The highest BCUT2D eigenvalue weighted by atomic mass is 19.3. The number of carbonyl (C=O) groups is 1. The summed E-state index contributed by atoms with van der Waals surface area (Å²) in [5.74, 6) is 0.684. The van der Waals surface area contributed by atoms with Crippen LogP contribution in [0.15, 0.2) is 42.5 Å². The molecule has 9 heteroatoms. The zero-order chi connectivity index (χ0) is 20.1. The molecule has 1 heterocycles. The van der Waals surface area contributed by atoms with Crippen molar-refractivity contribution in [2.75, 3.05) is 7.11 Å². The lowest BCUT2D eigenvalue weighted by Crippen LogP contribution is -2.24. The zero-order valence-electron chi connectivity index (χ0n) is 15.2. The molecule has 28 heavy (non-hydrogen) atoms. The molecule has 146 valence electrons. The van der Waals surface area contributed by atoms with Crippen molar-refractivity contribution in [3.05, 3.63) is 59.4 Å². The minimum Gasteiger partial charge on any atom is -0.496 e. The Hall–Kier alpha value is -3.49. The van der Waals surface area contributed by atoms with Gasteiger partial charge in [0, 0.05) is 0 Å². The number of aromatic nitrogens is 3. The van der Waals surface area contributed by atoms with E-state index < -0.39 is 12.5 Å². The topological polar surface area (TPSA) is 89.1 Å². The third-order valence-corrected chi connectivity index (χ3v) is 3.89. The molecule has 0 radical (unpaired) electrons. The van der Waals surface area contributed by atoms with E-state index >= 15 is 0 Å². The number of aryl methyl sites for hydroxylation is 1. The molecule has 1 aromatic heterocycles. The number of H-pyrrole nitrogens is 1. The lowest BCUT2D eigenvalue weighted by atomic mass is 10.1. The predicted molar refractivity (Wildman–Crippen MR) is 97.4 cm³/mol. The summed E-state index contributed by atoms with van der Waals surface area (Å²) in [7, 11) is 1.56. The Morgan fingerprint density at radius 2 is 2.00 bits per heavy atom. The molecule has 1 amide bonds. The maximum absolute atomic E-state index is 12.5. The van der Waals surface area contributed by atoms with Gasteiger partial charge in [-0.15, -0.1) is 0 Å². The van der Waals surface area contributed by atoms with Crippen LogP contribution in [-0.2, 0) is 6.54 Å². The molecule has 2 aromatic carbocycles. The number of nitrogens with one attached hydrogen (secondary N) is 2. The van der Waals surface area contributed by atoms with Gasteiger partial charge in [-0.1, -0.05) is 23.8 Å². The molecule has 0 fully saturated rings. The van der Waals surface area contributed by atoms with Crippen LogP contribution in [0.2, 0.25) is 0 Å². The number of nitrogens with zero attached hydrogens (tertiary/aromatic N) is 2. The maximum Gasteiger partial charge on any atom is 0.387 e. The molecule has 0 aliphatic heterocycles. The summed E-state index contributed by atoms with van der Waals surface area (Å²) in [6, 6.07) is 11.4. The number of hydrogen-bond acceptors (Lipinski definition) is 5. The Kier molecular flexibility index (Phi) is 5.83. The summed E-state index contributed by atoms with van der Waals surface area (Å²) in [5, 5.41) is 9.50. The first-order valence-corrected chi connectivity index (χ1v) is 8.36. The second-order valence-corrected chi connectivity index (χ2v) is 5.87. The van der Waals surface area contributed by atoms with E-state index in [1.54, 1.807) is 13.2 Å². The summed E-state index contributed by atoms with van der Waals surface area (Å²) in [5.41, 5.74) is 1.74.